The molecule has 0 unspecified atom stereocenters. The van der Waals surface area contributed by atoms with Crippen molar-refractivity contribution in [1.82, 2.24) is 0 Å². The van der Waals surface area contributed by atoms with Crippen LogP contribution in [0.1, 0.15) is 65.2 Å². The number of cyclic esters (lactones) is 1. The van der Waals surface area contributed by atoms with E-state index in [4.69, 9.17) is 14.2 Å². The van der Waals surface area contributed by atoms with Crippen molar-refractivity contribution in [3.8, 4) is 11.8 Å². The van der Waals surface area contributed by atoms with E-state index in [0.717, 1.165) is 24.0 Å². The van der Waals surface area contributed by atoms with Gasteiger partial charge in [0.05, 0.1) is 41.6 Å². The second-order valence-electron chi connectivity index (χ2n) is 13.0. The predicted octanol–water partition coefficient (Wildman–Crippen LogP) is 3.35. The number of carbonyl (C=O) groups is 2. The van der Waals surface area contributed by atoms with E-state index in [9.17, 15) is 19.8 Å². The van der Waals surface area contributed by atoms with E-state index >= 15 is 0 Å². The van der Waals surface area contributed by atoms with E-state index in [1.807, 2.05) is 13.2 Å². The Kier molecular flexibility index (Phi) is 5.00. The largest absolute Gasteiger partial charge is 0.492 e. The lowest BCUT2D eigenvalue weighted by atomic mass is 9.27. The van der Waals surface area contributed by atoms with Crippen LogP contribution in [0.2, 0.25) is 0 Å². The molecule has 7 heteroatoms. The molecule has 38 heavy (non-hydrogen) atoms. The summed E-state index contributed by atoms with van der Waals surface area (Å²) in [4.78, 5) is 25.0. The molecule has 3 saturated carbocycles. The van der Waals surface area contributed by atoms with Crippen molar-refractivity contribution in [2.45, 2.75) is 83.0 Å². The van der Waals surface area contributed by atoms with Crippen LogP contribution in [0.25, 0.3) is 0 Å². The molecule has 6 bridgehead atoms. The normalized spacial score (nSPS) is 49.6. The van der Waals surface area contributed by atoms with Crippen molar-refractivity contribution in [2.24, 2.45) is 33.5 Å². The molecule has 0 aromatic rings. The van der Waals surface area contributed by atoms with Gasteiger partial charge in [-0.1, -0.05) is 25.0 Å². The summed E-state index contributed by atoms with van der Waals surface area (Å²) < 4.78 is 18.6. The number of aliphatic hydroxyl groups excluding tert-OH is 2. The topological polar surface area (TPSA) is 102 Å². The van der Waals surface area contributed by atoms with E-state index in [-0.39, 0.29) is 48.8 Å². The molecule has 4 aliphatic carbocycles. The molecule has 0 aromatic carbocycles. The molecule has 0 aromatic heterocycles. The molecule has 0 radical (unpaired) electrons. The number of fused-ring (bicyclic) bond motifs is 7. The summed E-state index contributed by atoms with van der Waals surface area (Å²) in [5, 5.41) is 23.9. The van der Waals surface area contributed by atoms with E-state index in [0.29, 0.717) is 32.1 Å². The van der Waals surface area contributed by atoms with Gasteiger partial charge in [0.2, 0.25) is 0 Å². The van der Waals surface area contributed by atoms with Crippen molar-refractivity contribution < 1.29 is 34.0 Å². The minimum Gasteiger partial charge on any atom is -0.492 e. The van der Waals surface area contributed by atoms with Crippen LogP contribution in [0.4, 0.5) is 0 Å². The van der Waals surface area contributed by atoms with Crippen LogP contribution >= 0.6 is 0 Å². The van der Waals surface area contributed by atoms with Crippen molar-refractivity contribution in [3.63, 3.8) is 0 Å². The highest BCUT2D eigenvalue weighted by molar-refractivity contribution is 5.85. The number of esters is 2. The lowest BCUT2D eigenvalue weighted by Gasteiger charge is -2.79. The van der Waals surface area contributed by atoms with Crippen molar-refractivity contribution >= 4 is 11.9 Å². The second-order valence-corrected chi connectivity index (χ2v) is 13.0. The Morgan fingerprint density at radius 3 is 2.82 bits per heavy atom. The molecule has 202 valence electrons. The van der Waals surface area contributed by atoms with E-state index in [1.54, 1.807) is 6.08 Å². The van der Waals surface area contributed by atoms with Gasteiger partial charge in [-0.25, -0.2) is 4.79 Å². The first-order chi connectivity index (χ1) is 18.2. The molecule has 0 saturated heterocycles. The average molecular weight is 521 g/mol. The van der Waals surface area contributed by atoms with Gasteiger partial charge >= 0.3 is 11.9 Å². The Balaban J connectivity index is 1.53. The number of allylic oxidation sites excluding steroid dienone is 2. The quantitative estimate of drug-likeness (QED) is 0.333. The molecule has 7 rings (SSSR count). The Morgan fingerprint density at radius 1 is 1.21 bits per heavy atom. The summed E-state index contributed by atoms with van der Waals surface area (Å²) >= 11 is 0. The molecular weight excluding hydrogens is 484 g/mol. The van der Waals surface area contributed by atoms with Gasteiger partial charge in [0.15, 0.2) is 0 Å². The fraction of sp³-hybridized carbons (Fsp3) is 0.677. The first-order valence-electron chi connectivity index (χ1n) is 14.1. The lowest BCUT2D eigenvalue weighted by molar-refractivity contribution is -0.368. The highest BCUT2D eigenvalue weighted by Gasteiger charge is 2.87. The van der Waals surface area contributed by atoms with Crippen LogP contribution in [0.15, 0.2) is 35.6 Å². The van der Waals surface area contributed by atoms with Gasteiger partial charge in [-0.2, -0.15) is 0 Å². The summed E-state index contributed by atoms with van der Waals surface area (Å²) in [5.74, 6) is 6.46. The summed E-state index contributed by atoms with van der Waals surface area (Å²) in [6.07, 6.45) is 10.8. The minimum absolute atomic E-state index is 0.104. The van der Waals surface area contributed by atoms with E-state index in [2.05, 4.69) is 30.9 Å². The van der Waals surface area contributed by atoms with Gasteiger partial charge in [-0.15, -0.1) is 5.92 Å². The second kappa shape index (κ2) is 7.76. The number of hydrogen-bond donors (Lipinski definition) is 2. The summed E-state index contributed by atoms with van der Waals surface area (Å²) in [5.41, 5.74) is -2.34. The van der Waals surface area contributed by atoms with Crippen LogP contribution in [-0.2, 0) is 23.8 Å². The third-order valence-electron chi connectivity index (χ3n) is 11.8. The molecule has 3 aliphatic heterocycles. The highest BCUT2D eigenvalue weighted by Crippen LogP contribution is 2.82. The maximum atomic E-state index is 13.2. The SMILES string of the molecule is C[C@]12C#CCCC(=O)O[C@H](C1)[C@]13C4=CO[C@@]2(CCC2=CC(=O)OC2)[C@@]1(CO)[C@H](O)CC[C@@]3(C)[C@@H]1C=C[C@@H]4C1. The number of hydrogen-bond acceptors (Lipinski definition) is 7. The van der Waals surface area contributed by atoms with Crippen LogP contribution in [0.3, 0.4) is 0 Å². The first-order valence-corrected chi connectivity index (χ1v) is 14.1. The zero-order valence-electron chi connectivity index (χ0n) is 22.1. The van der Waals surface area contributed by atoms with E-state index < -0.39 is 34.1 Å². The smallest absolute Gasteiger partial charge is 0.331 e. The van der Waals surface area contributed by atoms with Gasteiger partial charge < -0.3 is 24.4 Å². The van der Waals surface area contributed by atoms with Gasteiger partial charge in [0.25, 0.3) is 0 Å². The molecule has 3 heterocycles. The molecular formula is C31H36O7. The average Bonchev–Trinajstić information content (AvgIpc) is 3.54. The molecule has 9 atom stereocenters. The van der Waals surface area contributed by atoms with Crippen LogP contribution in [0, 0.1) is 45.3 Å². The lowest BCUT2D eigenvalue weighted by Crippen LogP contribution is -2.85. The van der Waals surface area contributed by atoms with Crippen LogP contribution in [0.5, 0.6) is 0 Å². The summed E-state index contributed by atoms with van der Waals surface area (Å²) in [6.45, 7) is 4.25. The first kappa shape index (κ1) is 24.5. The fourth-order valence-electron chi connectivity index (χ4n) is 10.3. The molecule has 2 N–H and O–H groups in total. The molecule has 7 aliphatic rings. The predicted molar refractivity (Wildman–Crippen MR) is 136 cm³/mol. The molecule has 7 nitrogen and oxygen atoms in total. The maximum absolute atomic E-state index is 13.2. The summed E-state index contributed by atoms with van der Waals surface area (Å²) in [7, 11) is 0. The van der Waals surface area contributed by atoms with Crippen molar-refractivity contribution in [2.75, 3.05) is 13.2 Å². The Labute approximate surface area is 223 Å². The third kappa shape index (κ3) is 2.55. The third-order valence-corrected chi connectivity index (χ3v) is 11.8. The zero-order valence-corrected chi connectivity index (χ0v) is 22.1. The van der Waals surface area contributed by atoms with E-state index in [1.165, 1.54) is 0 Å². The van der Waals surface area contributed by atoms with Gasteiger partial charge in [-0.05, 0) is 61.5 Å². The molecule has 3 fully saturated rings. The van der Waals surface area contributed by atoms with Gasteiger partial charge in [0, 0.05) is 24.8 Å². The minimum atomic E-state index is -1.17. The Morgan fingerprint density at radius 2 is 2.05 bits per heavy atom. The van der Waals surface area contributed by atoms with Gasteiger partial charge in [-0.3, -0.25) is 4.79 Å². The fourth-order valence-corrected chi connectivity index (χ4v) is 10.3. The number of aliphatic hydroxyl groups is 2. The van der Waals surface area contributed by atoms with Gasteiger partial charge in [0.1, 0.15) is 18.3 Å². The van der Waals surface area contributed by atoms with Crippen molar-refractivity contribution in [3.05, 3.63) is 35.6 Å². The monoisotopic (exact) mass is 520 g/mol. The standard InChI is InChI=1S/C31H36O7/c1-27-10-4-3-5-25(34)38-24(15-27)31-22-17-37-30(27,12-8-19-13-26(35)36-16-19)29(31,18-32)23(33)9-11-28(31,2)21-7-6-20(22)14-21/h6-7,13,17,20-21,23-24,32-33H,3,5,8-9,11-12,14-16,18H2,1-2H3/t20-,21-,23-,24-,27+,28+,29-,30-,31+/m1/s1. The highest BCUT2D eigenvalue weighted by atomic mass is 16.6. The Hall–Kier alpha value is -2.56. The van der Waals surface area contributed by atoms with Crippen LogP contribution < -0.4 is 0 Å². The van der Waals surface area contributed by atoms with Crippen molar-refractivity contribution in [1.29, 1.82) is 0 Å². The molecule has 0 amide bonds. The summed E-state index contributed by atoms with van der Waals surface area (Å²) in [6, 6.07) is 0. The number of rotatable bonds is 4. The zero-order chi connectivity index (χ0) is 26.6. The number of ether oxygens (including phenoxy) is 3. The maximum Gasteiger partial charge on any atom is 0.331 e. The van der Waals surface area contributed by atoms with Crippen LogP contribution in [-0.4, -0.2) is 53.2 Å². The number of carbonyl (C=O) groups excluding carboxylic acids is 2. The Bertz CT molecular complexity index is 1270. The molecule has 1 spiro atoms.